The second kappa shape index (κ2) is 11.4. The van der Waals surface area contributed by atoms with Gasteiger partial charge in [0.2, 0.25) is 0 Å². The van der Waals surface area contributed by atoms with E-state index in [2.05, 4.69) is 10.5 Å². The first-order chi connectivity index (χ1) is 14.1. The Morgan fingerprint density at radius 2 is 1.66 bits per heavy atom. The van der Waals surface area contributed by atoms with Crippen LogP contribution in [0.4, 0.5) is 0 Å². The molecular formula is C21H26N2O6. The van der Waals surface area contributed by atoms with Crippen molar-refractivity contribution in [2.24, 2.45) is 5.16 Å². The molecule has 8 heteroatoms. The summed E-state index contributed by atoms with van der Waals surface area (Å²) in [5.41, 5.74) is 1.70. The van der Waals surface area contributed by atoms with Gasteiger partial charge in [-0.15, -0.1) is 0 Å². The number of nitrogens with one attached hydrogen (secondary N) is 1. The Morgan fingerprint density at radius 1 is 0.931 bits per heavy atom. The molecule has 0 heterocycles. The fourth-order valence-corrected chi connectivity index (χ4v) is 2.56. The summed E-state index contributed by atoms with van der Waals surface area (Å²) in [6, 6.07) is 10.9. The summed E-state index contributed by atoms with van der Waals surface area (Å²) < 4.78 is 20.9. The normalized spacial score (nSPS) is 10.5. The number of hydrogen-bond donors (Lipinski definition) is 1. The highest BCUT2D eigenvalue weighted by molar-refractivity contribution is 5.84. The van der Waals surface area contributed by atoms with Gasteiger partial charge in [0.1, 0.15) is 11.5 Å². The Balaban J connectivity index is 1.77. The van der Waals surface area contributed by atoms with Crippen LogP contribution in [-0.2, 0) is 16.1 Å². The van der Waals surface area contributed by atoms with Crippen molar-refractivity contribution in [1.82, 2.24) is 5.32 Å². The molecule has 2 aromatic rings. The molecule has 156 valence electrons. The predicted octanol–water partition coefficient (Wildman–Crippen LogP) is 2.43. The third-order valence-corrected chi connectivity index (χ3v) is 4.08. The number of methoxy groups -OCH3 is 4. The van der Waals surface area contributed by atoms with Crippen molar-refractivity contribution in [2.45, 2.75) is 6.42 Å². The lowest BCUT2D eigenvalue weighted by Crippen LogP contribution is -2.28. The Hall–Kier alpha value is -3.42. The van der Waals surface area contributed by atoms with Crippen LogP contribution in [0.5, 0.6) is 23.0 Å². The number of oxime groups is 1. The molecule has 0 saturated carbocycles. The number of nitrogens with zero attached hydrogens (tertiary/aromatic N) is 1. The number of carbonyl (C=O) groups is 1. The molecule has 8 nitrogen and oxygen atoms in total. The highest BCUT2D eigenvalue weighted by Gasteiger charge is 2.06. The van der Waals surface area contributed by atoms with Crippen molar-refractivity contribution >= 4 is 12.1 Å². The third kappa shape index (κ3) is 6.60. The maximum Gasteiger partial charge on any atom is 0.260 e. The standard InChI is InChI=1S/C21H26N2O6/c1-25-17-6-8-18(26-2)16(12-17)13-23-29-14-21(24)22-10-9-15-5-7-19(27-3)20(11-15)28-4/h5-8,11-13H,9-10,14H2,1-4H3,(H,22,24)/b23-13+. The molecule has 0 aliphatic heterocycles. The third-order valence-electron chi connectivity index (χ3n) is 4.08. The minimum atomic E-state index is -0.264. The van der Waals surface area contributed by atoms with Crippen molar-refractivity contribution in [3.63, 3.8) is 0 Å². The summed E-state index contributed by atoms with van der Waals surface area (Å²) in [6.07, 6.45) is 2.12. The van der Waals surface area contributed by atoms with E-state index in [9.17, 15) is 4.79 Å². The molecule has 0 unspecified atom stereocenters. The molecule has 0 saturated heterocycles. The van der Waals surface area contributed by atoms with E-state index >= 15 is 0 Å². The van der Waals surface area contributed by atoms with Gasteiger partial charge < -0.3 is 29.1 Å². The zero-order chi connectivity index (χ0) is 21.1. The van der Waals surface area contributed by atoms with E-state index in [4.69, 9.17) is 23.8 Å². The average molecular weight is 402 g/mol. The average Bonchev–Trinajstić information content (AvgIpc) is 2.76. The minimum Gasteiger partial charge on any atom is -0.497 e. The first-order valence-electron chi connectivity index (χ1n) is 8.96. The van der Waals surface area contributed by atoms with Gasteiger partial charge in [-0.3, -0.25) is 4.79 Å². The monoisotopic (exact) mass is 402 g/mol. The van der Waals surface area contributed by atoms with Gasteiger partial charge in [-0.05, 0) is 42.3 Å². The SMILES string of the molecule is COc1ccc(OC)c(/C=N/OCC(=O)NCCc2ccc(OC)c(OC)c2)c1. The maximum atomic E-state index is 11.9. The van der Waals surface area contributed by atoms with Crippen molar-refractivity contribution in [3.05, 3.63) is 47.5 Å². The predicted molar refractivity (Wildman–Crippen MR) is 109 cm³/mol. The summed E-state index contributed by atoms with van der Waals surface area (Å²) in [6.45, 7) is 0.278. The van der Waals surface area contributed by atoms with Gasteiger partial charge in [0, 0.05) is 12.1 Å². The molecular weight excluding hydrogens is 376 g/mol. The Labute approximate surface area is 170 Å². The second-order valence-electron chi connectivity index (χ2n) is 5.91. The summed E-state index contributed by atoms with van der Waals surface area (Å²) in [5, 5.41) is 6.60. The molecule has 0 aliphatic carbocycles. The number of amides is 1. The van der Waals surface area contributed by atoms with Crippen LogP contribution in [0.25, 0.3) is 0 Å². The lowest BCUT2D eigenvalue weighted by atomic mass is 10.1. The largest absolute Gasteiger partial charge is 0.497 e. The number of ether oxygens (including phenoxy) is 4. The minimum absolute atomic E-state index is 0.186. The number of carbonyl (C=O) groups excluding carboxylic acids is 1. The summed E-state index contributed by atoms with van der Waals surface area (Å²) in [7, 11) is 6.31. The summed E-state index contributed by atoms with van der Waals surface area (Å²) >= 11 is 0. The van der Waals surface area contributed by atoms with E-state index in [1.807, 2.05) is 18.2 Å². The zero-order valence-electron chi connectivity index (χ0n) is 17.1. The van der Waals surface area contributed by atoms with Crippen LogP contribution in [0.3, 0.4) is 0 Å². The van der Waals surface area contributed by atoms with Crippen molar-refractivity contribution in [1.29, 1.82) is 0 Å². The van der Waals surface area contributed by atoms with Gasteiger partial charge in [-0.2, -0.15) is 0 Å². The zero-order valence-corrected chi connectivity index (χ0v) is 17.1. The Morgan fingerprint density at radius 3 is 2.34 bits per heavy atom. The first-order valence-corrected chi connectivity index (χ1v) is 8.96. The molecule has 29 heavy (non-hydrogen) atoms. The number of benzene rings is 2. The number of hydrogen-bond acceptors (Lipinski definition) is 7. The van der Waals surface area contributed by atoms with Gasteiger partial charge >= 0.3 is 0 Å². The van der Waals surface area contributed by atoms with Gasteiger partial charge in [0.05, 0.1) is 34.7 Å². The Kier molecular flexibility index (Phi) is 8.62. The van der Waals surface area contributed by atoms with Crippen LogP contribution in [0.2, 0.25) is 0 Å². The molecule has 1 N–H and O–H groups in total. The summed E-state index contributed by atoms with van der Waals surface area (Å²) in [5.74, 6) is 2.35. The van der Waals surface area contributed by atoms with E-state index in [1.54, 1.807) is 46.6 Å². The highest BCUT2D eigenvalue weighted by atomic mass is 16.6. The molecule has 0 atom stereocenters. The second-order valence-corrected chi connectivity index (χ2v) is 5.91. The summed E-state index contributed by atoms with van der Waals surface area (Å²) in [4.78, 5) is 17.0. The van der Waals surface area contributed by atoms with Crippen molar-refractivity contribution < 1.29 is 28.6 Å². The van der Waals surface area contributed by atoms with E-state index in [0.717, 1.165) is 5.56 Å². The first kappa shape index (κ1) is 21.9. The molecule has 0 aromatic heterocycles. The molecule has 0 bridgehead atoms. The fraction of sp³-hybridized carbons (Fsp3) is 0.333. The van der Waals surface area contributed by atoms with Gasteiger partial charge in [0.15, 0.2) is 18.1 Å². The molecule has 2 aromatic carbocycles. The molecule has 0 aliphatic rings. The van der Waals surface area contributed by atoms with Crippen LogP contribution in [0.1, 0.15) is 11.1 Å². The van der Waals surface area contributed by atoms with Gasteiger partial charge in [-0.25, -0.2) is 0 Å². The quantitative estimate of drug-likeness (QED) is 0.459. The lowest BCUT2D eigenvalue weighted by molar-refractivity contribution is -0.125. The highest BCUT2D eigenvalue weighted by Crippen LogP contribution is 2.27. The van der Waals surface area contributed by atoms with E-state index < -0.39 is 0 Å². The Bertz CT molecular complexity index is 838. The lowest BCUT2D eigenvalue weighted by Gasteiger charge is -2.10. The molecule has 0 spiro atoms. The molecule has 2 rings (SSSR count). The van der Waals surface area contributed by atoms with Gasteiger partial charge in [0.25, 0.3) is 5.91 Å². The van der Waals surface area contributed by atoms with E-state index in [0.29, 0.717) is 41.5 Å². The maximum absolute atomic E-state index is 11.9. The molecule has 0 radical (unpaired) electrons. The van der Waals surface area contributed by atoms with Crippen LogP contribution in [0.15, 0.2) is 41.6 Å². The van der Waals surface area contributed by atoms with Crippen LogP contribution in [-0.4, -0.2) is 53.7 Å². The topological polar surface area (TPSA) is 87.6 Å². The van der Waals surface area contributed by atoms with Crippen molar-refractivity contribution in [2.75, 3.05) is 41.6 Å². The van der Waals surface area contributed by atoms with Gasteiger partial charge in [-0.1, -0.05) is 11.2 Å². The molecule has 0 fully saturated rings. The number of rotatable bonds is 11. The van der Waals surface area contributed by atoms with Crippen molar-refractivity contribution in [3.8, 4) is 23.0 Å². The van der Waals surface area contributed by atoms with Crippen LogP contribution < -0.4 is 24.3 Å². The smallest absolute Gasteiger partial charge is 0.260 e. The fourth-order valence-electron chi connectivity index (χ4n) is 2.56. The van der Waals surface area contributed by atoms with Crippen LogP contribution >= 0.6 is 0 Å². The molecule has 1 amide bonds. The van der Waals surface area contributed by atoms with E-state index in [-0.39, 0.29) is 12.5 Å². The van der Waals surface area contributed by atoms with E-state index in [1.165, 1.54) is 6.21 Å². The van der Waals surface area contributed by atoms with Crippen LogP contribution in [0, 0.1) is 0 Å².